The molecule has 2 aliphatic heterocycles. The second kappa shape index (κ2) is 5.35. The first kappa shape index (κ1) is 14.1. The van der Waals surface area contributed by atoms with Crippen molar-refractivity contribution < 1.29 is 9.15 Å². The van der Waals surface area contributed by atoms with Crippen molar-refractivity contribution in [2.45, 2.75) is 29.6 Å². The number of hydrogen-bond acceptors (Lipinski definition) is 4. The van der Waals surface area contributed by atoms with Crippen LogP contribution in [0.15, 0.2) is 62.9 Å². The third kappa shape index (κ3) is 1.99. The summed E-state index contributed by atoms with van der Waals surface area (Å²) in [6, 6.07) is 14.8. The van der Waals surface area contributed by atoms with Gasteiger partial charge in [0.15, 0.2) is 0 Å². The Labute approximate surface area is 145 Å². The van der Waals surface area contributed by atoms with Gasteiger partial charge in [0.25, 0.3) is 0 Å². The fraction of sp³-hybridized carbons (Fsp3) is 0.200. The van der Waals surface area contributed by atoms with Gasteiger partial charge in [-0.15, -0.1) is 0 Å². The zero-order valence-corrected chi connectivity index (χ0v) is 14.2. The number of ether oxygens (including phenoxy) is 1. The van der Waals surface area contributed by atoms with Crippen molar-refractivity contribution in [2.24, 2.45) is 0 Å². The van der Waals surface area contributed by atoms with E-state index in [0.717, 1.165) is 47.4 Å². The van der Waals surface area contributed by atoms with Gasteiger partial charge in [-0.25, -0.2) is 0 Å². The second-order valence-corrected chi connectivity index (χ2v) is 7.24. The van der Waals surface area contributed by atoms with E-state index >= 15 is 0 Å². The van der Waals surface area contributed by atoms with Crippen LogP contribution < -0.4 is 9.64 Å². The van der Waals surface area contributed by atoms with Gasteiger partial charge >= 0.3 is 0 Å². The Kier molecular flexibility index (Phi) is 3.13. The summed E-state index contributed by atoms with van der Waals surface area (Å²) in [6.45, 7) is 2.94. The molecule has 3 heterocycles. The first-order chi connectivity index (χ1) is 11.8. The number of benzene rings is 2. The summed E-state index contributed by atoms with van der Waals surface area (Å²) in [5.74, 6) is 1.88. The Morgan fingerprint density at radius 2 is 1.92 bits per heavy atom. The van der Waals surface area contributed by atoms with Gasteiger partial charge in [0.1, 0.15) is 5.75 Å². The Hall–Kier alpha value is -2.33. The van der Waals surface area contributed by atoms with Crippen LogP contribution in [0.4, 0.5) is 17.3 Å². The number of para-hydroxylation sites is 1. The summed E-state index contributed by atoms with van der Waals surface area (Å²) in [6.07, 6.45) is 3.91. The zero-order chi connectivity index (χ0) is 16.1. The van der Waals surface area contributed by atoms with Crippen molar-refractivity contribution in [1.82, 2.24) is 0 Å². The molecule has 0 N–H and O–H groups in total. The largest absolute Gasteiger partial charge is 0.491 e. The van der Waals surface area contributed by atoms with E-state index < -0.39 is 0 Å². The van der Waals surface area contributed by atoms with E-state index in [-0.39, 0.29) is 0 Å². The second-order valence-electron chi connectivity index (χ2n) is 6.16. The number of furan rings is 1. The van der Waals surface area contributed by atoms with E-state index in [1.54, 1.807) is 18.0 Å². The van der Waals surface area contributed by atoms with Gasteiger partial charge < -0.3 is 9.15 Å². The van der Waals surface area contributed by atoms with Crippen molar-refractivity contribution in [3.05, 3.63) is 59.9 Å². The number of hydrogen-bond donors (Lipinski definition) is 0. The van der Waals surface area contributed by atoms with E-state index in [4.69, 9.17) is 9.15 Å². The van der Waals surface area contributed by atoms with E-state index in [9.17, 15) is 0 Å². The minimum absolute atomic E-state index is 0.776. The van der Waals surface area contributed by atoms with Crippen molar-refractivity contribution in [3.8, 4) is 5.75 Å². The summed E-state index contributed by atoms with van der Waals surface area (Å²) >= 11 is 1.75. The average molecular weight is 335 g/mol. The molecule has 0 saturated carbocycles. The van der Waals surface area contributed by atoms with Crippen LogP contribution in [-0.2, 0) is 6.42 Å². The topological polar surface area (TPSA) is 25.6 Å². The lowest BCUT2D eigenvalue weighted by atomic mass is 9.99. The van der Waals surface area contributed by atoms with Crippen LogP contribution in [0, 0.1) is 6.92 Å². The molecule has 2 aromatic carbocycles. The van der Waals surface area contributed by atoms with E-state index in [0.29, 0.717) is 0 Å². The molecule has 2 aliphatic rings. The third-order valence-corrected chi connectivity index (χ3v) is 5.77. The lowest BCUT2D eigenvalue weighted by Gasteiger charge is -2.32. The predicted octanol–water partition coefficient (Wildman–Crippen LogP) is 5.85. The van der Waals surface area contributed by atoms with E-state index in [2.05, 4.69) is 48.2 Å². The van der Waals surface area contributed by atoms with Gasteiger partial charge in [-0.05, 0) is 55.2 Å². The van der Waals surface area contributed by atoms with Crippen LogP contribution >= 0.6 is 11.8 Å². The average Bonchev–Trinajstić information content (AvgIpc) is 3.09. The molecule has 0 amide bonds. The van der Waals surface area contributed by atoms with E-state index in [1.165, 1.54) is 16.0 Å². The molecule has 0 bridgehead atoms. The Morgan fingerprint density at radius 1 is 1.00 bits per heavy atom. The van der Waals surface area contributed by atoms with Crippen LogP contribution in [0.5, 0.6) is 5.75 Å². The number of anilines is 3. The molecule has 0 aliphatic carbocycles. The minimum Gasteiger partial charge on any atom is -0.491 e. The maximum atomic E-state index is 6.11. The Bertz CT molecular complexity index is 931. The fourth-order valence-corrected chi connectivity index (χ4v) is 4.51. The highest BCUT2D eigenvalue weighted by atomic mass is 32.2. The van der Waals surface area contributed by atoms with Gasteiger partial charge in [-0.1, -0.05) is 30.0 Å². The summed E-state index contributed by atoms with van der Waals surface area (Å²) in [5, 5.41) is 0. The molecule has 0 radical (unpaired) electrons. The lowest BCUT2D eigenvalue weighted by molar-refractivity contribution is 0.288. The molecule has 1 aromatic heterocycles. The minimum atomic E-state index is 0.776. The fourth-order valence-electron chi connectivity index (χ4n) is 3.51. The van der Waals surface area contributed by atoms with Crippen LogP contribution in [0.25, 0.3) is 0 Å². The summed E-state index contributed by atoms with van der Waals surface area (Å²) in [7, 11) is 0. The molecule has 3 nitrogen and oxygen atoms in total. The lowest BCUT2D eigenvalue weighted by Crippen LogP contribution is -2.18. The summed E-state index contributed by atoms with van der Waals surface area (Å²) in [5.41, 5.74) is 4.83. The molecule has 120 valence electrons. The van der Waals surface area contributed by atoms with E-state index in [1.807, 2.05) is 6.07 Å². The predicted molar refractivity (Wildman–Crippen MR) is 96.1 cm³/mol. The highest BCUT2D eigenvalue weighted by molar-refractivity contribution is 7.99. The van der Waals surface area contributed by atoms with Crippen LogP contribution in [0.3, 0.4) is 0 Å². The van der Waals surface area contributed by atoms with Crippen molar-refractivity contribution in [3.63, 3.8) is 0 Å². The molecule has 0 atom stereocenters. The number of rotatable bonds is 1. The Balaban J connectivity index is 1.77. The molecule has 4 heteroatoms. The standard InChI is InChI=1S/C20H17NO2S/c1-13-8-9-16(19-14(13)5-4-11-22-19)21-15-6-2-3-7-17(15)24-18-10-12-23-20(18)21/h2-3,6-10,12H,4-5,11H2,1H3. The smallest absolute Gasteiger partial charge is 0.218 e. The summed E-state index contributed by atoms with van der Waals surface area (Å²) < 4.78 is 12.0. The maximum absolute atomic E-state index is 6.11. The normalized spacial score (nSPS) is 15.3. The van der Waals surface area contributed by atoms with Gasteiger partial charge in [0, 0.05) is 4.90 Å². The van der Waals surface area contributed by atoms with Crippen molar-refractivity contribution >= 4 is 29.0 Å². The van der Waals surface area contributed by atoms with Crippen LogP contribution in [0.1, 0.15) is 17.5 Å². The van der Waals surface area contributed by atoms with Gasteiger partial charge in [0.2, 0.25) is 5.88 Å². The number of fused-ring (bicyclic) bond motifs is 3. The molecule has 0 fully saturated rings. The summed E-state index contributed by atoms with van der Waals surface area (Å²) in [4.78, 5) is 4.57. The van der Waals surface area contributed by atoms with Crippen molar-refractivity contribution in [2.75, 3.05) is 11.5 Å². The first-order valence-electron chi connectivity index (χ1n) is 8.23. The molecular weight excluding hydrogens is 318 g/mol. The molecular formula is C20H17NO2S. The molecule has 0 unspecified atom stereocenters. The van der Waals surface area contributed by atoms with Gasteiger partial charge in [-0.3, -0.25) is 4.90 Å². The molecule has 3 aromatic rings. The number of nitrogens with zero attached hydrogens (tertiary/aromatic N) is 1. The van der Waals surface area contributed by atoms with Crippen LogP contribution in [0.2, 0.25) is 0 Å². The Morgan fingerprint density at radius 3 is 2.88 bits per heavy atom. The van der Waals surface area contributed by atoms with Gasteiger partial charge in [-0.2, -0.15) is 0 Å². The molecule has 0 saturated heterocycles. The number of aryl methyl sites for hydroxylation is 1. The highest BCUT2D eigenvalue weighted by Gasteiger charge is 2.31. The first-order valence-corrected chi connectivity index (χ1v) is 9.04. The van der Waals surface area contributed by atoms with Gasteiger partial charge in [0.05, 0.1) is 29.1 Å². The molecule has 0 spiro atoms. The quantitative estimate of drug-likeness (QED) is 0.436. The molecule has 24 heavy (non-hydrogen) atoms. The van der Waals surface area contributed by atoms with Crippen LogP contribution in [-0.4, -0.2) is 6.61 Å². The highest BCUT2D eigenvalue weighted by Crippen LogP contribution is 2.54. The maximum Gasteiger partial charge on any atom is 0.218 e. The zero-order valence-electron chi connectivity index (χ0n) is 13.4. The van der Waals surface area contributed by atoms with Crippen molar-refractivity contribution in [1.29, 1.82) is 0 Å². The molecule has 5 rings (SSSR count). The SMILES string of the molecule is Cc1ccc(N2c3ccccc3Sc3ccoc32)c2c1CCCO2. The monoisotopic (exact) mass is 335 g/mol. The third-order valence-electron chi connectivity index (χ3n) is 4.67.